The van der Waals surface area contributed by atoms with E-state index >= 15 is 0 Å². The summed E-state index contributed by atoms with van der Waals surface area (Å²) < 4.78 is 13.8. The van der Waals surface area contributed by atoms with Gasteiger partial charge in [0.25, 0.3) is 5.56 Å². The summed E-state index contributed by atoms with van der Waals surface area (Å²) in [4.78, 5) is 30.1. The van der Waals surface area contributed by atoms with Crippen molar-refractivity contribution in [2.24, 2.45) is 5.10 Å². The van der Waals surface area contributed by atoms with Gasteiger partial charge < -0.3 is 9.15 Å². The van der Waals surface area contributed by atoms with E-state index < -0.39 is 10.5 Å². The van der Waals surface area contributed by atoms with Gasteiger partial charge >= 0.3 is 5.69 Å². The molecule has 0 amide bonds. The molecule has 0 saturated carbocycles. The maximum atomic E-state index is 13.7. The summed E-state index contributed by atoms with van der Waals surface area (Å²) in [5.74, 6) is 0.546. The molecule has 0 bridgehead atoms. The first-order valence-corrected chi connectivity index (χ1v) is 14.4. The van der Waals surface area contributed by atoms with Crippen molar-refractivity contribution in [3.8, 4) is 17.3 Å². The van der Waals surface area contributed by atoms with Crippen molar-refractivity contribution in [2.75, 3.05) is 0 Å². The molecule has 0 atom stereocenters. The molecule has 7 rings (SSSR count). The molecule has 0 aliphatic heterocycles. The Bertz CT molecular complexity index is 2290. The number of nitro benzene ring substituents is 1. The fourth-order valence-electron chi connectivity index (χ4n) is 5.16. The zero-order valence-electron chi connectivity index (χ0n) is 22.9. The van der Waals surface area contributed by atoms with Crippen molar-refractivity contribution in [1.82, 2.24) is 9.66 Å². The maximum absolute atomic E-state index is 13.7. The molecule has 0 radical (unpaired) electrons. The number of halogens is 1. The third-order valence-electron chi connectivity index (χ3n) is 7.22. The molecule has 0 saturated heterocycles. The number of benzene rings is 5. The smallest absolute Gasteiger partial charge is 0.312 e. The van der Waals surface area contributed by atoms with Crippen molar-refractivity contribution in [3.63, 3.8) is 0 Å². The lowest BCUT2D eigenvalue weighted by Gasteiger charge is -2.12. The standard InChI is InChI=1S/C34H21BrN4O5/c35-25-16-24(32(29(18-25)39(41)42)43-20-23-11-7-10-21-8-1-3-12-26(21)23)19-36-38-33(31-17-22-9-2-6-15-30(22)44-31)37-28-14-5-4-13-27(28)34(38)40/h1-19H,20H2. The van der Waals surface area contributed by atoms with Crippen LogP contribution in [0, 0.1) is 10.1 Å². The monoisotopic (exact) mass is 644 g/mol. The van der Waals surface area contributed by atoms with E-state index in [-0.39, 0.29) is 23.9 Å². The van der Waals surface area contributed by atoms with Gasteiger partial charge in [0.05, 0.1) is 22.0 Å². The van der Waals surface area contributed by atoms with E-state index in [0.29, 0.717) is 32.3 Å². The molecule has 0 spiro atoms. The molecule has 2 aromatic heterocycles. The lowest BCUT2D eigenvalue weighted by molar-refractivity contribution is -0.386. The first-order valence-electron chi connectivity index (χ1n) is 13.6. The number of furan rings is 1. The predicted octanol–water partition coefficient (Wildman–Crippen LogP) is 8.09. The fraction of sp³-hybridized carbons (Fsp3) is 0.0294. The zero-order valence-corrected chi connectivity index (χ0v) is 24.5. The molecule has 2 heterocycles. The third kappa shape index (κ3) is 5.01. The van der Waals surface area contributed by atoms with Gasteiger partial charge in [-0.2, -0.15) is 9.78 Å². The summed E-state index contributed by atoms with van der Waals surface area (Å²) in [5.41, 5.74) is 1.60. The van der Waals surface area contributed by atoms with Crippen molar-refractivity contribution < 1.29 is 14.1 Å². The Kier molecular flexibility index (Phi) is 6.95. The van der Waals surface area contributed by atoms with Gasteiger partial charge in [-0.25, -0.2) is 4.98 Å². The summed E-state index contributed by atoms with van der Waals surface area (Å²) in [6.45, 7) is 0.0758. The highest BCUT2D eigenvalue weighted by Gasteiger charge is 2.22. The topological polar surface area (TPSA) is 113 Å². The van der Waals surface area contributed by atoms with Gasteiger partial charge in [0.1, 0.15) is 12.2 Å². The third-order valence-corrected chi connectivity index (χ3v) is 7.68. The number of aromatic nitrogens is 2. The Hall–Kier alpha value is -5.61. The first kappa shape index (κ1) is 27.2. The van der Waals surface area contributed by atoms with Gasteiger partial charge in [0, 0.05) is 21.5 Å². The largest absolute Gasteiger partial charge is 0.481 e. The van der Waals surface area contributed by atoms with E-state index in [1.807, 2.05) is 66.7 Å². The quantitative estimate of drug-likeness (QED) is 0.0984. The molecule has 0 N–H and O–H groups in total. The van der Waals surface area contributed by atoms with Crippen LogP contribution in [0.5, 0.6) is 5.75 Å². The summed E-state index contributed by atoms with van der Waals surface area (Å²) in [6.07, 6.45) is 1.36. The zero-order chi connectivity index (χ0) is 30.2. The van der Waals surface area contributed by atoms with Crippen molar-refractivity contribution in [1.29, 1.82) is 0 Å². The lowest BCUT2D eigenvalue weighted by Crippen LogP contribution is -2.20. The second-order valence-corrected chi connectivity index (χ2v) is 10.9. The number of hydrogen-bond acceptors (Lipinski definition) is 7. The van der Waals surface area contributed by atoms with Gasteiger partial charge in [0.2, 0.25) is 11.6 Å². The Balaban J connectivity index is 1.36. The number of fused-ring (bicyclic) bond motifs is 3. The fourth-order valence-corrected chi connectivity index (χ4v) is 5.62. The van der Waals surface area contributed by atoms with Crippen LogP contribution in [0.4, 0.5) is 5.69 Å². The van der Waals surface area contributed by atoms with E-state index in [2.05, 4.69) is 21.0 Å². The summed E-state index contributed by atoms with van der Waals surface area (Å²) in [5, 5.41) is 19.9. The Morgan fingerprint density at radius 2 is 1.64 bits per heavy atom. The van der Waals surface area contributed by atoms with Crippen molar-refractivity contribution >= 4 is 60.5 Å². The molecular formula is C34H21BrN4O5. The molecule has 0 unspecified atom stereocenters. The van der Waals surface area contributed by atoms with Crippen LogP contribution in [0.3, 0.4) is 0 Å². The summed E-state index contributed by atoms with van der Waals surface area (Å²) in [7, 11) is 0. The van der Waals surface area contributed by atoms with E-state index in [4.69, 9.17) is 14.1 Å². The average Bonchev–Trinajstić information content (AvgIpc) is 3.48. The van der Waals surface area contributed by atoms with Gasteiger partial charge in [0.15, 0.2) is 5.76 Å². The van der Waals surface area contributed by atoms with Crippen LogP contribution in [0.25, 0.3) is 44.2 Å². The number of rotatable bonds is 7. The number of para-hydroxylation sites is 2. The first-order chi connectivity index (χ1) is 21.5. The van der Waals surface area contributed by atoms with Crippen LogP contribution < -0.4 is 10.3 Å². The van der Waals surface area contributed by atoms with E-state index in [1.165, 1.54) is 12.3 Å². The van der Waals surface area contributed by atoms with Gasteiger partial charge in [-0.05, 0) is 46.7 Å². The van der Waals surface area contributed by atoms with E-state index in [1.54, 1.807) is 36.4 Å². The second-order valence-electron chi connectivity index (χ2n) is 9.99. The molecule has 0 aliphatic rings. The van der Waals surface area contributed by atoms with Crippen LogP contribution in [0.15, 0.2) is 128 Å². The van der Waals surface area contributed by atoms with Crippen LogP contribution >= 0.6 is 15.9 Å². The Morgan fingerprint density at radius 1 is 0.909 bits per heavy atom. The van der Waals surface area contributed by atoms with Crippen LogP contribution in [0.1, 0.15) is 11.1 Å². The summed E-state index contributed by atoms with van der Waals surface area (Å²) in [6, 6.07) is 32.9. The molecule has 0 aliphatic carbocycles. The second kappa shape index (κ2) is 11.2. The number of hydrogen-bond donors (Lipinski definition) is 0. The molecule has 0 fully saturated rings. The minimum Gasteiger partial charge on any atom is -0.481 e. The Labute approximate surface area is 257 Å². The van der Waals surface area contributed by atoms with Crippen LogP contribution in [0.2, 0.25) is 0 Å². The molecule has 9 nitrogen and oxygen atoms in total. The van der Waals surface area contributed by atoms with E-state index in [0.717, 1.165) is 26.4 Å². The predicted molar refractivity (Wildman–Crippen MR) is 173 cm³/mol. The maximum Gasteiger partial charge on any atom is 0.312 e. The summed E-state index contributed by atoms with van der Waals surface area (Å²) >= 11 is 3.37. The lowest BCUT2D eigenvalue weighted by atomic mass is 10.1. The van der Waals surface area contributed by atoms with Crippen molar-refractivity contribution in [3.05, 3.63) is 145 Å². The van der Waals surface area contributed by atoms with Crippen LogP contribution in [-0.2, 0) is 6.61 Å². The van der Waals surface area contributed by atoms with Gasteiger partial charge in [-0.1, -0.05) is 88.7 Å². The highest BCUT2D eigenvalue weighted by atomic mass is 79.9. The number of nitrogens with zero attached hydrogens (tertiary/aromatic N) is 4. The Morgan fingerprint density at radius 3 is 2.45 bits per heavy atom. The average molecular weight is 645 g/mol. The molecule has 214 valence electrons. The molecule has 7 aromatic rings. The van der Waals surface area contributed by atoms with Crippen molar-refractivity contribution in [2.45, 2.75) is 6.61 Å². The van der Waals surface area contributed by atoms with Gasteiger partial charge in [-0.15, -0.1) is 0 Å². The highest BCUT2D eigenvalue weighted by Crippen LogP contribution is 2.35. The molecular weight excluding hydrogens is 624 g/mol. The molecule has 44 heavy (non-hydrogen) atoms. The highest BCUT2D eigenvalue weighted by molar-refractivity contribution is 9.10. The number of ether oxygens (including phenoxy) is 1. The SMILES string of the molecule is O=c1c2ccccc2nc(-c2cc3ccccc3o2)n1N=Cc1cc(Br)cc([N+](=O)[O-])c1OCc1cccc2ccccc12. The number of nitro groups is 1. The minimum atomic E-state index is -0.510. The molecule has 10 heteroatoms. The molecule has 5 aromatic carbocycles. The van der Waals surface area contributed by atoms with E-state index in [9.17, 15) is 14.9 Å². The minimum absolute atomic E-state index is 0.0157. The van der Waals surface area contributed by atoms with Gasteiger partial charge in [-0.3, -0.25) is 14.9 Å². The normalized spacial score (nSPS) is 11.6. The van der Waals surface area contributed by atoms with Crippen LogP contribution in [-0.4, -0.2) is 20.8 Å².